The molecule has 0 aliphatic carbocycles. The van der Waals surface area contributed by atoms with E-state index in [2.05, 4.69) is 12.1 Å². The molecule has 0 saturated carbocycles. The van der Waals surface area contributed by atoms with E-state index in [1.54, 1.807) is 0 Å². The van der Waals surface area contributed by atoms with Gasteiger partial charge in [-0.1, -0.05) is 24.3 Å². The van der Waals surface area contributed by atoms with Crippen LogP contribution in [0.2, 0.25) is 0 Å². The molecule has 2 rings (SSSR count). The summed E-state index contributed by atoms with van der Waals surface area (Å²) in [6.07, 6.45) is 8.00. The summed E-state index contributed by atoms with van der Waals surface area (Å²) in [7, 11) is 0. The fraction of sp³-hybridized carbons (Fsp3) is 0.111. The van der Waals surface area contributed by atoms with Gasteiger partial charge in [-0.15, -0.1) is 0 Å². The Morgan fingerprint density at radius 3 is 1.00 bits per heavy atom. The van der Waals surface area contributed by atoms with Gasteiger partial charge >= 0.3 is 21.1 Å². The van der Waals surface area contributed by atoms with Crippen molar-refractivity contribution in [1.82, 2.24) is 0 Å². The van der Waals surface area contributed by atoms with Gasteiger partial charge in [-0.25, -0.2) is 0 Å². The van der Waals surface area contributed by atoms with Gasteiger partial charge < -0.3 is 0 Å². The van der Waals surface area contributed by atoms with Gasteiger partial charge in [-0.05, 0) is 13.8 Å². The standard InChI is InChI=1S/2C6H5.C6H10.Pt/c2*1-2-4-6-5-3-1;1-3-5-6-4-2;/h2*1-5H;3-6H,1-2H3;/q2*-1;;+2. The molecule has 0 aromatic heterocycles. The van der Waals surface area contributed by atoms with Gasteiger partial charge in [0.25, 0.3) is 0 Å². The van der Waals surface area contributed by atoms with Gasteiger partial charge in [0, 0.05) is 0 Å². The number of hydrogen-bond donors (Lipinski definition) is 0. The molecule has 0 nitrogen and oxygen atoms in total. The molecule has 0 atom stereocenters. The minimum Gasteiger partial charge on any atom is -0.184 e. The molecule has 0 aliphatic heterocycles. The van der Waals surface area contributed by atoms with Crippen molar-refractivity contribution < 1.29 is 21.1 Å². The van der Waals surface area contributed by atoms with Crippen LogP contribution in [0.4, 0.5) is 0 Å². The minimum absolute atomic E-state index is 0. The molecule has 0 unspecified atom stereocenters. The smallest absolute Gasteiger partial charge is 0.184 e. The molecule has 1 heteroatoms. The molecule has 0 fully saturated rings. The maximum Gasteiger partial charge on any atom is 2.00 e. The zero-order chi connectivity index (χ0) is 13.3. The van der Waals surface area contributed by atoms with E-state index in [1.165, 1.54) is 0 Å². The van der Waals surface area contributed by atoms with Gasteiger partial charge in [-0.2, -0.15) is 72.8 Å². The second-order valence-electron chi connectivity index (χ2n) is 3.21. The first-order valence-corrected chi connectivity index (χ1v) is 5.98. The monoisotopic (exact) mass is 431 g/mol. The van der Waals surface area contributed by atoms with Gasteiger partial charge in [0.1, 0.15) is 0 Å². The van der Waals surface area contributed by atoms with Gasteiger partial charge in [0.15, 0.2) is 0 Å². The zero-order valence-corrected chi connectivity index (χ0v) is 13.7. The van der Waals surface area contributed by atoms with Gasteiger partial charge in [0.2, 0.25) is 0 Å². The van der Waals surface area contributed by atoms with Crippen LogP contribution in [0.5, 0.6) is 0 Å². The average molecular weight is 431 g/mol. The Hall–Kier alpha value is -1.39. The minimum atomic E-state index is 0. The van der Waals surface area contributed by atoms with Crippen molar-refractivity contribution in [3.63, 3.8) is 0 Å². The average Bonchev–Trinajstić information content (AvgIpc) is 2.50. The number of hydrogen-bond acceptors (Lipinski definition) is 0. The first-order chi connectivity index (χ1) is 8.91. The molecule has 0 radical (unpaired) electrons. The summed E-state index contributed by atoms with van der Waals surface area (Å²) in [5, 5.41) is 0. The second-order valence-corrected chi connectivity index (χ2v) is 3.21. The summed E-state index contributed by atoms with van der Waals surface area (Å²) in [4.78, 5) is 0. The summed E-state index contributed by atoms with van der Waals surface area (Å²) in [6.45, 7) is 4.00. The molecule has 0 N–H and O–H groups in total. The number of allylic oxidation sites excluding steroid dienone is 4. The van der Waals surface area contributed by atoms with E-state index in [0.717, 1.165) is 0 Å². The van der Waals surface area contributed by atoms with Crippen LogP contribution in [0.15, 0.2) is 85.0 Å². The summed E-state index contributed by atoms with van der Waals surface area (Å²) in [5.74, 6) is 0. The predicted octanol–water partition coefficient (Wildman–Crippen LogP) is 5.11. The Morgan fingerprint density at radius 2 is 0.895 bits per heavy atom. The quantitative estimate of drug-likeness (QED) is 0.435. The Kier molecular flexibility index (Phi) is 19.9. The van der Waals surface area contributed by atoms with E-state index in [9.17, 15) is 0 Å². The Bertz CT molecular complexity index is 296. The first-order valence-electron chi connectivity index (χ1n) is 5.98. The van der Waals surface area contributed by atoms with Crippen LogP contribution in [-0.2, 0) is 21.1 Å². The van der Waals surface area contributed by atoms with Crippen LogP contribution >= 0.6 is 0 Å². The van der Waals surface area contributed by atoms with E-state index in [0.29, 0.717) is 0 Å². The normalized spacial score (nSPS) is 8.74. The van der Waals surface area contributed by atoms with Crippen molar-refractivity contribution in [2.24, 2.45) is 0 Å². The molecule has 0 heterocycles. The third-order valence-corrected chi connectivity index (χ3v) is 1.71. The molecule has 0 bridgehead atoms. The van der Waals surface area contributed by atoms with Gasteiger partial charge in [0.05, 0.1) is 0 Å². The van der Waals surface area contributed by atoms with Crippen LogP contribution in [0.3, 0.4) is 0 Å². The van der Waals surface area contributed by atoms with E-state index in [-0.39, 0.29) is 21.1 Å². The maximum absolute atomic E-state index is 2.89. The molecule has 2 aromatic carbocycles. The van der Waals surface area contributed by atoms with Crippen LogP contribution in [0.25, 0.3) is 0 Å². The van der Waals surface area contributed by atoms with Crippen molar-refractivity contribution in [3.05, 3.63) is 97.1 Å². The van der Waals surface area contributed by atoms with Crippen molar-refractivity contribution in [2.45, 2.75) is 13.8 Å². The summed E-state index contributed by atoms with van der Waals surface area (Å²) in [6, 6.07) is 25.0. The summed E-state index contributed by atoms with van der Waals surface area (Å²) >= 11 is 0. The summed E-state index contributed by atoms with van der Waals surface area (Å²) in [5.41, 5.74) is 0. The zero-order valence-electron chi connectivity index (χ0n) is 11.4. The second kappa shape index (κ2) is 19.0. The van der Waals surface area contributed by atoms with Crippen LogP contribution in [-0.4, -0.2) is 0 Å². The third kappa shape index (κ3) is 19.1. The summed E-state index contributed by atoms with van der Waals surface area (Å²) < 4.78 is 0. The fourth-order valence-corrected chi connectivity index (χ4v) is 0.906. The number of rotatable bonds is 1. The SMILES string of the molecule is CC=CC=CC.[Pt+2].[c-]1ccccc1.[c-]1ccccc1. The van der Waals surface area contributed by atoms with E-state index in [4.69, 9.17) is 0 Å². The van der Waals surface area contributed by atoms with Crippen LogP contribution in [0, 0.1) is 12.1 Å². The molecule has 19 heavy (non-hydrogen) atoms. The Balaban J connectivity index is 0. The predicted molar refractivity (Wildman–Crippen MR) is 80.2 cm³/mol. The molecule has 102 valence electrons. The van der Waals surface area contributed by atoms with E-state index >= 15 is 0 Å². The van der Waals surface area contributed by atoms with E-state index in [1.807, 2.05) is 98.8 Å². The van der Waals surface area contributed by atoms with Gasteiger partial charge in [-0.3, -0.25) is 0 Å². The van der Waals surface area contributed by atoms with Crippen molar-refractivity contribution >= 4 is 0 Å². The maximum atomic E-state index is 2.89. The molecule has 0 saturated heterocycles. The van der Waals surface area contributed by atoms with Crippen LogP contribution < -0.4 is 0 Å². The van der Waals surface area contributed by atoms with Crippen molar-refractivity contribution in [3.8, 4) is 0 Å². The molecule has 2 aromatic rings. The largest absolute Gasteiger partial charge is 2.00 e. The molecule has 0 amide bonds. The first kappa shape index (κ1) is 19.9. The van der Waals surface area contributed by atoms with Crippen molar-refractivity contribution in [2.75, 3.05) is 0 Å². The molecular weight excluding hydrogens is 411 g/mol. The van der Waals surface area contributed by atoms with E-state index < -0.39 is 0 Å². The Labute approximate surface area is 132 Å². The number of benzene rings is 2. The van der Waals surface area contributed by atoms with Crippen molar-refractivity contribution in [1.29, 1.82) is 0 Å². The topological polar surface area (TPSA) is 0 Å². The fourth-order valence-electron chi connectivity index (χ4n) is 0.906. The molecule has 0 spiro atoms. The van der Waals surface area contributed by atoms with Crippen LogP contribution in [0.1, 0.15) is 13.8 Å². The third-order valence-electron chi connectivity index (χ3n) is 1.71. The Morgan fingerprint density at radius 1 is 0.579 bits per heavy atom. The molecule has 0 aliphatic rings. The molecular formula is C18H20Pt.